The Balaban J connectivity index is 3.07. The predicted octanol–water partition coefficient (Wildman–Crippen LogP) is 3.39. The van der Waals surface area contributed by atoms with E-state index in [0.29, 0.717) is 12.4 Å². The molecule has 0 spiro atoms. The van der Waals surface area contributed by atoms with Gasteiger partial charge in [-0.1, -0.05) is 34.8 Å². The zero-order valence-corrected chi connectivity index (χ0v) is 10.2. The van der Waals surface area contributed by atoms with E-state index in [2.05, 4.69) is 15.3 Å². The Kier molecular flexibility index (Phi) is 4.07. The molecule has 0 unspecified atom stereocenters. The topological polar surface area (TPSA) is 37.8 Å². The van der Waals surface area contributed by atoms with Crippen LogP contribution in [0.15, 0.2) is 6.07 Å². The summed E-state index contributed by atoms with van der Waals surface area (Å²) in [5.41, 5.74) is 0.249. The molecule has 0 atom stereocenters. The van der Waals surface area contributed by atoms with Crippen molar-refractivity contribution in [1.29, 1.82) is 0 Å². The van der Waals surface area contributed by atoms with Gasteiger partial charge in [0.25, 0.3) is 0 Å². The molecule has 0 bridgehead atoms. The number of nitrogens with one attached hydrogen (secondary N) is 1. The Morgan fingerprint density at radius 3 is 2.50 bits per heavy atom. The number of alkyl halides is 3. The van der Waals surface area contributed by atoms with Gasteiger partial charge in [-0.15, -0.1) is 0 Å². The first-order valence-electron chi connectivity index (χ1n) is 3.79. The number of hydrogen-bond donors (Lipinski definition) is 1. The Morgan fingerprint density at radius 2 is 2.00 bits per heavy atom. The molecular weight excluding hydrogens is 268 g/mol. The predicted molar refractivity (Wildman–Crippen MR) is 60.4 cm³/mol. The molecule has 14 heavy (non-hydrogen) atoms. The molecule has 0 aliphatic rings. The first-order valence-corrected chi connectivity index (χ1v) is 5.30. The van der Waals surface area contributed by atoms with Gasteiger partial charge in [0.2, 0.25) is 9.08 Å². The summed E-state index contributed by atoms with van der Waals surface area (Å²) in [4.78, 5) is 7.71. The van der Waals surface area contributed by atoms with Gasteiger partial charge in [-0.25, -0.2) is 9.97 Å². The number of hydrogen-bond acceptors (Lipinski definition) is 3. The maximum Gasteiger partial charge on any atom is 0.232 e. The molecule has 0 radical (unpaired) electrons. The van der Waals surface area contributed by atoms with Crippen molar-refractivity contribution in [3.8, 4) is 0 Å². The van der Waals surface area contributed by atoms with Crippen LogP contribution in [-0.2, 0) is 3.79 Å². The smallest absolute Gasteiger partial charge is 0.232 e. The number of halogens is 4. The molecule has 7 heteroatoms. The normalized spacial score (nSPS) is 11.5. The van der Waals surface area contributed by atoms with E-state index < -0.39 is 3.79 Å². The van der Waals surface area contributed by atoms with Gasteiger partial charge in [0.15, 0.2) is 0 Å². The van der Waals surface area contributed by atoms with E-state index in [0.717, 1.165) is 0 Å². The molecule has 1 aromatic rings. The fraction of sp³-hybridized carbons (Fsp3) is 0.429. The average Bonchev–Trinajstić information content (AvgIpc) is 2.02. The molecule has 78 valence electrons. The molecule has 0 aliphatic heterocycles. The Morgan fingerprint density at radius 1 is 1.36 bits per heavy atom. The molecule has 1 rings (SSSR count). The van der Waals surface area contributed by atoms with Crippen molar-refractivity contribution in [1.82, 2.24) is 9.97 Å². The molecule has 1 aromatic heterocycles. The van der Waals surface area contributed by atoms with E-state index in [-0.39, 0.29) is 11.0 Å². The number of anilines is 1. The molecule has 0 saturated heterocycles. The van der Waals surface area contributed by atoms with Crippen LogP contribution in [0.2, 0.25) is 5.28 Å². The maximum atomic E-state index is 5.66. The third-order valence-electron chi connectivity index (χ3n) is 1.35. The fourth-order valence-electron chi connectivity index (χ4n) is 0.835. The standard InChI is InChI=1S/C7H7Cl4N3/c1-2-12-5-3-4(7(9,10)11)13-6(8)14-5/h3H,2H2,1H3,(H,12,13,14). The minimum atomic E-state index is -1.59. The monoisotopic (exact) mass is 273 g/mol. The van der Waals surface area contributed by atoms with Crippen LogP contribution < -0.4 is 5.32 Å². The quantitative estimate of drug-likeness (QED) is 0.664. The van der Waals surface area contributed by atoms with Crippen LogP contribution in [0.1, 0.15) is 12.6 Å². The van der Waals surface area contributed by atoms with Gasteiger partial charge in [-0.2, -0.15) is 0 Å². The molecule has 1 N–H and O–H groups in total. The second-order valence-electron chi connectivity index (χ2n) is 2.44. The third kappa shape index (κ3) is 3.31. The molecular formula is C7H7Cl4N3. The van der Waals surface area contributed by atoms with Crippen molar-refractivity contribution < 1.29 is 0 Å². The van der Waals surface area contributed by atoms with Crippen LogP contribution in [-0.4, -0.2) is 16.5 Å². The van der Waals surface area contributed by atoms with E-state index in [1.807, 2.05) is 6.92 Å². The van der Waals surface area contributed by atoms with Crippen LogP contribution in [0.4, 0.5) is 5.82 Å². The summed E-state index contributed by atoms with van der Waals surface area (Å²) in [5, 5.41) is 3.00. The van der Waals surface area contributed by atoms with Gasteiger partial charge in [0.1, 0.15) is 5.82 Å². The van der Waals surface area contributed by atoms with Crippen molar-refractivity contribution in [2.45, 2.75) is 10.7 Å². The Labute approximate surface area is 102 Å². The summed E-state index contributed by atoms with van der Waals surface area (Å²) in [6, 6.07) is 1.54. The maximum absolute atomic E-state index is 5.66. The fourth-order valence-corrected chi connectivity index (χ4v) is 1.31. The summed E-state index contributed by atoms with van der Waals surface area (Å²) in [7, 11) is 0. The summed E-state index contributed by atoms with van der Waals surface area (Å²) in [6.45, 7) is 2.62. The lowest BCUT2D eigenvalue weighted by atomic mass is 10.4. The second kappa shape index (κ2) is 4.71. The van der Waals surface area contributed by atoms with E-state index >= 15 is 0 Å². The lowest BCUT2D eigenvalue weighted by Crippen LogP contribution is -2.08. The molecule has 0 saturated carbocycles. The van der Waals surface area contributed by atoms with Crippen molar-refractivity contribution >= 4 is 52.2 Å². The van der Waals surface area contributed by atoms with Crippen molar-refractivity contribution in [3.63, 3.8) is 0 Å². The van der Waals surface area contributed by atoms with E-state index in [1.165, 1.54) is 0 Å². The van der Waals surface area contributed by atoms with Crippen LogP contribution in [0.25, 0.3) is 0 Å². The van der Waals surface area contributed by atoms with Gasteiger partial charge in [-0.3, -0.25) is 0 Å². The van der Waals surface area contributed by atoms with Crippen molar-refractivity contribution in [3.05, 3.63) is 17.0 Å². The van der Waals surface area contributed by atoms with Crippen LogP contribution in [0.3, 0.4) is 0 Å². The average molecular weight is 275 g/mol. The first-order chi connectivity index (χ1) is 6.43. The second-order valence-corrected chi connectivity index (χ2v) is 5.05. The number of rotatable bonds is 2. The molecule has 1 heterocycles. The largest absolute Gasteiger partial charge is 0.370 e. The number of nitrogens with zero attached hydrogens (tertiary/aromatic N) is 2. The lowest BCUT2D eigenvalue weighted by molar-refractivity contribution is 1.02. The minimum absolute atomic E-state index is 0.0461. The molecule has 0 amide bonds. The van der Waals surface area contributed by atoms with E-state index in [1.54, 1.807) is 6.07 Å². The van der Waals surface area contributed by atoms with Crippen molar-refractivity contribution in [2.24, 2.45) is 0 Å². The third-order valence-corrected chi connectivity index (χ3v) is 2.10. The zero-order chi connectivity index (χ0) is 10.8. The van der Waals surface area contributed by atoms with Crippen LogP contribution in [0.5, 0.6) is 0 Å². The van der Waals surface area contributed by atoms with Gasteiger partial charge in [0, 0.05) is 12.6 Å². The van der Waals surface area contributed by atoms with E-state index in [9.17, 15) is 0 Å². The highest BCUT2D eigenvalue weighted by Gasteiger charge is 2.25. The summed E-state index contributed by atoms with van der Waals surface area (Å²) in [6.07, 6.45) is 0. The zero-order valence-electron chi connectivity index (χ0n) is 7.19. The molecule has 0 aliphatic carbocycles. The Hall–Kier alpha value is 0.0400. The first kappa shape index (κ1) is 12.1. The highest BCUT2D eigenvalue weighted by Crippen LogP contribution is 2.37. The van der Waals surface area contributed by atoms with Gasteiger partial charge < -0.3 is 5.32 Å². The van der Waals surface area contributed by atoms with Gasteiger partial charge >= 0.3 is 0 Å². The van der Waals surface area contributed by atoms with Crippen LogP contribution in [0, 0.1) is 0 Å². The van der Waals surface area contributed by atoms with Crippen molar-refractivity contribution in [2.75, 3.05) is 11.9 Å². The lowest BCUT2D eigenvalue weighted by Gasteiger charge is -2.11. The van der Waals surface area contributed by atoms with Crippen LogP contribution >= 0.6 is 46.4 Å². The highest BCUT2D eigenvalue weighted by molar-refractivity contribution is 6.66. The summed E-state index contributed by atoms with van der Waals surface area (Å²) < 4.78 is -1.59. The number of aromatic nitrogens is 2. The summed E-state index contributed by atoms with van der Waals surface area (Å²) >= 11 is 22.6. The highest BCUT2D eigenvalue weighted by atomic mass is 35.6. The van der Waals surface area contributed by atoms with Gasteiger partial charge in [0.05, 0.1) is 5.69 Å². The summed E-state index contributed by atoms with van der Waals surface area (Å²) in [5.74, 6) is 0.536. The van der Waals surface area contributed by atoms with Gasteiger partial charge in [-0.05, 0) is 18.5 Å². The molecule has 3 nitrogen and oxygen atoms in total. The molecule has 0 fully saturated rings. The molecule has 0 aromatic carbocycles. The SMILES string of the molecule is CCNc1cc(C(Cl)(Cl)Cl)nc(Cl)n1. The van der Waals surface area contributed by atoms with E-state index in [4.69, 9.17) is 46.4 Å². The Bertz CT molecular complexity index is 323. The minimum Gasteiger partial charge on any atom is -0.370 e.